The molecule has 1 aliphatic heterocycles. The Balaban J connectivity index is 2.02. The largest absolute Gasteiger partial charge is 0.353 e. The Bertz CT molecular complexity index is 190. The van der Waals surface area contributed by atoms with Gasteiger partial charge in [-0.15, -0.1) is 0 Å². The van der Waals surface area contributed by atoms with Gasteiger partial charge in [0.05, 0.1) is 0 Å². The molecular weight excluding hydrogens is 150 g/mol. The van der Waals surface area contributed by atoms with Crippen LogP contribution in [0, 0.1) is 11.8 Å². The van der Waals surface area contributed by atoms with Crippen LogP contribution in [0.5, 0.6) is 0 Å². The third-order valence-corrected chi connectivity index (χ3v) is 3.34. The maximum atomic E-state index is 11.3. The van der Waals surface area contributed by atoms with Gasteiger partial charge in [0, 0.05) is 12.0 Å². The van der Waals surface area contributed by atoms with Crippen LogP contribution in [-0.4, -0.2) is 11.9 Å². The average Bonchev–Trinajstić information content (AvgIpc) is 2.07. The molecule has 1 N–H and O–H groups in total. The van der Waals surface area contributed by atoms with Gasteiger partial charge >= 0.3 is 0 Å². The first-order valence-corrected chi connectivity index (χ1v) is 5.08. The van der Waals surface area contributed by atoms with Crippen LogP contribution in [0.25, 0.3) is 0 Å². The van der Waals surface area contributed by atoms with Crippen LogP contribution in [0.1, 0.15) is 39.0 Å². The predicted octanol–water partition coefficient (Wildman–Crippen LogP) is 1.70. The van der Waals surface area contributed by atoms with Crippen LogP contribution in [0.2, 0.25) is 0 Å². The van der Waals surface area contributed by atoms with Gasteiger partial charge in [-0.1, -0.05) is 19.8 Å². The van der Waals surface area contributed by atoms with Crippen LogP contribution < -0.4 is 5.32 Å². The van der Waals surface area contributed by atoms with E-state index in [2.05, 4.69) is 5.32 Å². The number of piperidine rings is 1. The summed E-state index contributed by atoms with van der Waals surface area (Å²) in [6.45, 7) is 2.04. The molecule has 0 aromatic heterocycles. The Hall–Kier alpha value is -0.530. The van der Waals surface area contributed by atoms with Gasteiger partial charge in [0.2, 0.25) is 5.91 Å². The lowest BCUT2D eigenvalue weighted by Gasteiger charge is -2.38. The van der Waals surface area contributed by atoms with Crippen molar-refractivity contribution >= 4 is 5.91 Å². The minimum absolute atomic E-state index is 0.254. The molecule has 12 heavy (non-hydrogen) atoms. The molecule has 0 spiro atoms. The second kappa shape index (κ2) is 3.08. The van der Waals surface area contributed by atoms with Crippen molar-refractivity contribution in [3.63, 3.8) is 0 Å². The molecule has 0 bridgehead atoms. The summed E-state index contributed by atoms with van der Waals surface area (Å²) in [5, 5.41) is 3.13. The molecule has 2 nitrogen and oxygen atoms in total. The van der Waals surface area contributed by atoms with Gasteiger partial charge in [-0.25, -0.2) is 0 Å². The van der Waals surface area contributed by atoms with E-state index >= 15 is 0 Å². The Labute approximate surface area is 73.7 Å². The van der Waals surface area contributed by atoms with E-state index in [9.17, 15) is 4.79 Å². The van der Waals surface area contributed by atoms with Gasteiger partial charge in [0.25, 0.3) is 0 Å². The first-order valence-electron chi connectivity index (χ1n) is 5.08. The monoisotopic (exact) mass is 167 g/mol. The highest BCUT2D eigenvalue weighted by atomic mass is 16.2. The number of amides is 1. The Morgan fingerprint density at radius 2 is 2.08 bits per heavy atom. The van der Waals surface area contributed by atoms with Crippen LogP contribution in [0.4, 0.5) is 0 Å². The fourth-order valence-electron chi connectivity index (χ4n) is 2.57. The molecule has 3 unspecified atom stereocenters. The maximum Gasteiger partial charge on any atom is 0.223 e. The van der Waals surface area contributed by atoms with Crippen molar-refractivity contribution in [3.05, 3.63) is 0 Å². The predicted molar refractivity (Wildman–Crippen MR) is 47.7 cm³/mol. The normalized spacial score (nSPS) is 41.8. The van der Waals surface area contributed by atoms with E-state index in [4.69, 9.17) is 0 Å². The molecule has 1 amide bonds. The van der Waals surface area contributed by atoms with Gasteiger partial charge in [-0.2, -0.15) is 0 Å². The molecule has 0 aromatic carbocycles. The van der Waals surface area contributed by atoms with Gasteiger partial charge < -0.3 is 5.32 Å². The minimum atomic E-state index is 0.254. The number of nitrogens with one attached hydrogen (secondary N) is 1. The zero-order valence-electron chi connectivity index (χ0n) is 7.68. The van der Waals surface area contributed by atoms with E-state index < -0.39 is 0 Å². The second-order valence-corrected chi connectivity index (χ2v) is 4.30. The first kappa shape index (κ1) is 8.09. The third-order valence-electron chi connectivity index (χ3n) is 3.34. The number of hydrogen-bond acceptors (Lipinski definition) is 1. The highest BCUT2D eigenvalue weighted by Gasteiger charge is 2.34. The molecule has 2 rings (SSSR count). The molecule has 2 fully saturated rings. The molecule has 1 saturated heterocycles. The van der Waals surface area contributed by atoms with Gasteiger partial charge in [0.1, 0.15) is 0 Å². The zero-order valence-corrected chi connectivity index (χ0v) is 7.68. The molecule has 68 valence electrons. The van der Waals surface area contributed by atoms with Crippen molar-refractivity contribution in [2.24, 2.45) is 11.8 Å². The van der Waals surface area contributed by atoms with E-state index in [1.165, 1.54) is 25.7 Å². The topological polar surface area (TPSA) is 29.1 Å². The molecule has 2 heteroatoms. The number of carbonyl (C=O) groups excluding carboxylic acids is 1. The van der Waals surface area contributed by atoms with Crippen molar-refractivity contribution in [1.82, 2.24) is 5.32 Å². The van der Waals surface area contributed by atoms with Crippen LogP contribution in [0.15, 0.2) is 0 Å². The second-order valence-electron chi connectivity index (χ2n) is 4.30. The van der Waals surface area contributed by atoms with Crippen molar-refractivity contribution in [1.29, 1.82) is 0 Å². The van der Waals surface area contributed by atoms with Crippen LogP contribution in [0.3, 0.4) is 0 Å². The van der Waals surface area contributed by atoms with Gasteiger partial charge in [-0.05, 0) is 25.2 Å². The average molecular weight is 167 g/mol. The van der Waals surface area contributed by atoms with Crippen molar-refractivity contribution in [2.45, 2.75) is 45.1 Å². The molecule has 1 heterocycles. The van der Waals surface area contributed by atoms with E-state index in [0.717, 1.165) is 12.3 Å². The third kappa shape index (κ3) is 1.35. The zero-order chi connectivity index (χ0) is 8.55. The molecule has 1 aliphatic carbocycles. The summed E-state index contributed by atoms with van der Waals surface area (Å²) in [7, 11) is 0. The van der Waals surface area contributed by atoms with Crippen molar-refractivity contribution in [3.8, 4) is 0 Å². The SMILES string of the molecule is CC1CC2CCCCC2NC1=O. The Kier molecular flexibility index (Phi) is 2.07. The summed E-state index contributed by atoms with van der Waals surface area (Å²) in [5.74, 6) is 1.31. The molecule has 0 radical (unpaired) electrons. The minimum Gasteiger partial charge on any atom is -0.353 e. The quantitative estimate of drug-likeness (QED) is 0.584. The summed E-state index contributed by atoms with van der Waals surface area (Å²) >= 11 is 0. The van der Waals surface area contributed by atoms with E-state index in [1.807, 2.05) is 6.92 Å². The smallest absolute Gasteiger partial charge is 0.223 e. The first-order chi connectivity index (χ1) is 5.77. The van der Waals surface area contributed by atoms with E-state index in [0.29, 0.717) is 6.04 Å². The lowest BCUT2D eigenvalue weighted by atomic mass is 9.76. The maximum absolute atomic E-state index is 11.3. The van der Waals surface area contributed by atoms with E-state index in [-0.39, 0.29) is 11.8 Å². The fraction of sp³-hybridized carbons (Fsp3) is 0.900. The lowest BCUT2D eigenvalue weighted by Crippen LogP contribution is -2.49. The van der Waals surface area contributed by atoms with Gasteiger partial charge in [-0.3, -0.25) is 4.79 Å². The lowest BCUT2D eigenvalue weighted by molar-refractivity contribution is -0.129. The Morgan fingerprint density at radius 1 is 1.33 bits per heavy atom. The van der Waals surface area contributed by atoms with E-state index in [1.54, 1.807) is 0 Å². The number of fused-ring (bicyclic) bond motifs is 1. The summed E-state index contributed by atoms with van der Waals surface area (Å²) in [6, 6.07) is 0.516. The highest BCUT2D eigenvalue weighted by molar-refractivity contribution is 5.79. The van der Waals surface area contributed by atoms with Crippen LogP contribution in [-0.2, 0) is 4.79 Å². The summed E-state index contributed by atoms with van der Waals surface area (Å²) in [4.78, 5) is 11.3. The number of rotatable bonds is 0. The molecule has 2 aliphatic rings. The van der Waals surface area contributed by atoms with Crippen molar-refractivity contribution in [2.75, 3.05) is 0 Å². The summed E-state index contributed by atoms with van der Waals surface area (Å²) in [5.41, 5.74) is 0. The van der Waals surface area contributed by atoms with Gasteiger partial charge in [0.15, 0.2) is 0 Å². The molecule has 0 aromatic rings. The Morgan fingerprint density at radius 3 is 2.92 bits per heavy atom. The molecule has 1 saturated carbocycles. The fourth-order valence-corrected chi connectivity index (χ4v) is 2.57. The molecular formula is C10H17NO. The molecule has 3 atom stereocenters. The summed E-state index contributed by atoms with van der Waals surface area (Å²) < 4.78 is 0. The van der Waals surface area contributed by atoms with Crippen LogP contribution >= 0.6 is 0 Å². The summed E-state index contributed by atoms with van der Waals surface area (Å²) in [6.07, 6.45) is 6.33. The van der Waals surface area contributed by atoms with Crippen molar-refractivity contribution < 1.29 is 4.79 Å². The number of carbonyl (C=O) groups is 1. The standard InChI is InChI=1S/C10H17NO/c1-7-6-8-4-2-3-5-9(8)11-10(7)12/h7-9H,2-6H2,1H3,(H,11,12). The highest BCUT2D eigenvalue weighted by Crippen LogP contribution is 2.32. The number of hydrogen-bond donors (Lipinski definition) is 1.